The second kappa shape index (κ2) is 12.6. The standard InChI is InChI=1S/C24H29N9O8/c1-40-9-8-25-19(34)12-33-11-17(29-32-33)14-4-3-5-15(21(14)41-2)26-16-10-18(27-22(35)13-6-7-13)30-31-20(16)23(36)28-24(37,38)39/h3-5,10-11,13,37-39H,6-9,12H2,1-2H3,(H,25,34)(H,28,36)(H2,26,27,30,35). The number of ether oxygens (including phenoxy) is 2. The normalized spacial score (nSPS) is 12.9. The van der Waals surface area contributed by atoms with Gasteiger partial charge in [-0.3, -0.25) is 19.7 Å². The van der Waals surface area contributed by atoms with E-state index in [4.69, 9.17) is 9.47 Å². The minimum atomic E-state index is -3.51. The number of amides is 3. The van der Waals surface area contributed by atoms with E-state index in [0.29, 0.717) is 30.1 Å². The number of anilines is 3. The van der Waals surface area contributed by atoms with Crippen LogP contribution in [0.15, 0.2) is 30.5 Å². The van der Waals surface area contributed by atoms with Gasteiger partial charge in [0.2, 0.25) is 11.8 Å². The highest BCUT2D eigenvalue weighted by atomic mass is 16.7. The van der Waals surface area contributed by atoms with Crippen molar-refractivity contribution in [1.29, 1.82) is 0 Å². The first-order valence-electron chi connectivity index (χ1n) is 12.4. The van der Waals surface area contributed by atoms with Crippen molar-refractivity contribution < 1.29 is 39.2 Å². The number of benzene rings is 1. The van der Waals surface area contributed by atoms with Crippen LogP contribution in [0.5, 0.6) is 5.75 Å². The molecule has 17 heteroatoms. The molecule has 4 rings (SSSR count). The lowest BCUT2D eigenvalue weighted by Crippen LogP contribution is -2.48. The van der Waals surface area contributed by atoms with Gasteiger partial charge in [-0.2, -0.15) is 0 Å². The van der Waals surface area contributed by atoms with Crippen LogP contribution in [0, 0.1) is 5.92 Å². The van der Waals surface area contributed by atoms with Crippen molar-refractivity contribution in [3.63, 3.8) is 0 Å². The summed E-state index contributed by atoms with van der Waals surface area (Å²) in [6.45, 7) is 0.649. The van der Waals surface area contributed by atoms with Crippen LogP contribution >= 0.6 is 0 Å². The molecule has 0 unspecified atom stereocenters. The number of hydrogen-bond acceptors (Lipinski definition) is 13. The Bertz CT molecular complexity index is 1420. The van der Waals surface area contributed by atoms with E-state index in [9.17, 15) is 29.7 Å². The first-order valence-corrected chi connectivity index (χ1v) is 12.4. The Balaban J connectivity index is 1.62. The van der Waals surface area contributed by atoms with Gasteiger partial charge in [-0.05, 0) is 25.0 Å². The minimum absolute atomic E-state index is 0.0142. The van der Waals surface area contributed by atoms with Crippen LogP contribution < -0.4 is 26.0 Å². The highest BCUT2D eigenvalue weighted by Crippen LogP contribution is 2.38. The van der Waals surface area contributed by atoms with E-state index in [2.05, 4.69) is 36.5 Å². The highest BCUT2D eigenvalue weighted by molar-refractivity contribution is 6.00. The number of nitrogens with one attached hydrogen (secondary N) is 4. The summed E-state index contributed by atoms with van der Waals surface area (Å²) in [5.41, 5.74) is 0.734. The number of para-hydroxylation sites is 1. The summed E-state index contributed by atoms with van der Waals surface area (Å²) in [4.78, 5) is 37.0. The molecule has 2 aromatic heterocycles. The molecular formula is C24H29N9O8. The molecule has 0 atom stereocenters. The Morgan fingerprint density at radius 2 is 1.88 bits per heavy atom. The topological polar surface area (TPSA) is 235 Å². The van der Waals surface area contributed by atoms with E-state index in [-0.39, 0.29) is 41.5 Å². The maximum atomic E-state index is 12.6. The minimum Gasteiger partial charge on any atom is -0.494 e. The van der Waals surface area contributed by atoms with Gasteiger partial charge in [-0.25, -0.2) is 4.68 Å². The number of aromatic nitrogens is 5. The summed E-state index contributed by atoms with van der Waals surface area (Å²) in [5.74, 6) is -1.54. The number of methoxy groups -OCH3 is 2. The van der Waals surface area contributed by atoms with Crippen LogP contribution in [0.3, 0.4) is 0 Å². The van der Waals surface area contributed by atoms with Gasteiger partial charge >= 0.3 is 6.10 Å². The SMILES string of the molecule is COCCNC(=O)Cn1cc(-c2cccc(Nc3cc(NC(=O)C4CC4)nnc3C(=O)NC(O)(O)O)c2OC)nn1. The zero-order chi connectivity index (χ0) is 29.6. The highest BCUT2D eigenvalue weighted by Gasteiger charge is 2.31. The first kappa shape index (κ1) is 29.3. The average molecular weight is 572 g/mol. The number of hydrogen-bond donors (Lipinski definition) is 7. The molecule has 7 N–H and O–H groups in total. The van der Waals surface area contributed by atoms with Crippen molar-refractivity contribution in [2.75, 3.05) is 38.0 Å². The average Bonchev–Trinajstić information content (AvgIpc) is 3.67. The fourth-order valence-electron chi connectivity index (χ4n) is 3.70. The number of carbonyl (C=O) groups excluding carboxylic acids is 3. The van der Waals surface area contributed by atoms with Gasteiger partial charge < -0.3 is 40.7 Å². The van der Waals surface area contributed by atoms with Crippen molar-refractivity contribution in [2.24, 2.45) is 5.92 Å². The molecule has 1 aliphatic carbocycles. The fraction of sp³-hybridized carbons (Fsp3) is 0.375. The van der Waals surface area contributed by atoms with Gasteiger partial charge in [0.05, 0.1) is 31.3 Å². The van der Waals surface area contributed by atoms with E-state index >= 15 is 0 Å². The van der Waals surface area contributed by atoms with Crippen LogP contribution in [0.25, 0.3) is 11.3 Å². The van der Waals surface area contributed by atoms with Gasteiger partial charge in [0.25, 0.3) is 5.91 Å². The Morgan fingerprint density at radius 1 is 1.10 bits per heavy atom. The lowest BCUT2D eigenvalue weighted by molar-refractivity contribution is -0.323. The maximum Gasteiger partial charge on any atom is 0.369 e. The van der Waals surface area contributed by atoms with Gasteiger partial charge in [0.1, 0.15) is 12.2 Å². The number of carbonyl (C=O) groups is 3. The largest absolute Gasteiger partial charge is 0.494 e. The van der Waals surface area contributed by atoms with E-state index in [0.717, 1.165) is 12.8 Å². The maximum absolute atomic E-state index is 12.6. The van der Waals surface area contributed by atoms with Gasteiger partial charge in [0.15, 0.2) is 17.3 Å². The van der Waals surface area contributed by atoms with Crippen LogP contribution in [0.1, 0.15) is 23.3 Å². The lowest BCUT2D eigenvalue weighted by atomic mass is 10.1. The Morgan fingerprint density at radius 3 is 2.56 bits per heavy atom. The Kier molecular flexibility index (Phi) is 9.03. The van der Waals surface area contributed by atoms with E-state index in [1.807, 2.05) is 0 Å². The molecule has 1 fully saturated rings. The smallest absolute Gasteiger partial charge is 0.369 e. The molecule has 1 aromatic carbocycles. The molecule has 0 saturated heterocycles. The van der Waals surface area contributed by atoms with Crippen molar-refractivity contribution in [1.82, 2.24) is 35.8 Å². The summed E-state index contributed by atoms with van der Waals surface area (Å²) < 4.78 is 11.9. The molecule has 2 heterocycles. The second-order valence-corrected chi connectivity index (χ2v) is 9.00. The summed E-state index contributed by atoms with van der Waals surface area (Å²) in [6, 6.07) is 6.31. The van der Waals surface area contributed by atoms with Crippen molar-refractivity contribution in [3.05, 3.63) is 36.2 Å². The number of rotatable bonds is 13. The quantitative estimate of drug-likeness (QED) is 0.0956. The van der Waals surface area contributed by atoms with Crippen LogP contribution in [0.2, 0.25) is 0 Å². The van der Waals surface area contributed by atoms with Crippen molar-refractivity contribution >= 4 is 34.9 Å². The molecule has 0 aliphatic heterocycles. The first-order chi connectivity index (χ1) is 19.6. The fourth-order valence-corrected chi connectivity index (χ4v) is 3.70. The van der Waals surface area contributed by atoms with E-state index in [1.54, 1.807) is 29.7 Å². The van der Waals surface area contributed by atoms with E-state index in [1.165, 1.54) is 25.0 Å². The molecule has 3 aromatic rings. The summed E-state index contributed by atoms with van der Waals surface area (Å²) in [7, 11) is 2.94. The number of aliphatic hydroxyl groups is 3. The predicted molar refractivity (Wildman–Crippen MR) is 140 cm³/mol. The zero-order valence-electron chi connectivity index (χ0n) is 22.1. The molecule has 1 saturated carbocycles. The third kappa shape index (κ3) is 7.92. The monoisotopic (exact) mass is 571 g/mol. The zero-order valence-corrected chi connectivity index (χ0v) is 22.1. The lowest BCUT2D eigenvalue weighted by Gasteiger charge is -2.18. The summed E-state index contributed by atoms with van der Waals surface area (Å²) >= 11 is 0. The number of nitrogens with zero attached hydrogens (tertiary/aromatic N) is 5. The van der Waals surface area contributed by atoms with E-state index < -0.39 is 17.7 Å². The molecule has 3 amide bonds. The van der Waals surface area contributed by atoms with Crippen molar-refractivity contribution in [3.8, 4) is 17.0 Å². The van der Waals surface area contributed by atoms with Crippen LogP contribution in [-0.4, -0.2) is 91.7 Å². The van der Waals surface area contributed by atoms with Crippen LogP contribution in [-0.2, 0) is 20.9 Å². The predicted octanol–water partition coefficient (Wildman–Crippen LogP) is -1.08. The summed E-state index contributed by atoms with van der Waals surface area (Å²) in [6.07, 6.45) is -0.453. The molecular weight excluding hydrogens is 542 g/mol. The second-order valence-electron chi connectivity index (χ2n) is 9.00. The van der Waals surface area contributed by atoms with Gasteiger partial charge in [-0.15, -0.1) is 15.3 Å². The third-order valence-electron chi connectivity index (χ3n) is 5.73. The van der Waals surface area contributed by atoms with Gasteiger partial charge in [-0.1, -0.05) is 11.3 Å². The van der Waals surface area contributed by atoms with Crippen molar-refractivity contribution in [2.45, 2.75) is 25.5 Å². The molecule has 0 radical (unpaired) electrons. The molecule has 17 nitrogen and oxygen atoms in total. The molecule has 0 bridgehead atoms. The third-order valence-corrected chi connectivity index (χ3v) is 5.73. The molecule has 0 spiro atoms. The van der Waals surface area contributed by atoms with Gasteiger partial charge in [0, 0.05) is 31.2 Å². The summed E-state index contributed by atoms with van der Waals surface area (Å²) in [5, 5.41) is 53.2. The van der Waals surface area contributed by atoms with Crippen LogP contribution in [0.4, 0.5) is 17.2 Å². The Labute approximate surface area is 232 Å². The molecule has 218 valence electrons. The molecule has 1 aliphatic rings. The Hall–Kier alpha value is -4.71. The molecule has 41 heavy (non-hydrogen) atoms.